The van der Waals surface area contributed by atoms with Crippen LogP contribution in [0.4, 0.5) is 0 Å². The third kappa shape index (κ3) is 5.13. The number of nitrogens with zero attached hydrogens (tertiary/aromatic N) is 2. The molecule has 0 saturated heterocycles. The summed E-state index contributed by atoms with van der Waals surface area (Å²) in [5.74, 6) is 0.892. The topological polar surface area (TPSA) is 85.7 Å². The number of hydrogen-bond donors (Lipinski definition) is 1. The minimum absolute atomic E-state index is 0.253. The molecule has 0 aliphatic carbocycles. The zero-order chi connectivity index (χ0) is 23.5. The number of benzene rings is 3. The average Bonchev–Trinajstić information content (AvgIpc) is 2.78. The van der Waals surface area contributed by atoms with Gasteiger partial charge in [0.2, 0.25) is 0 Å². The molecule has 0 radical (unpaired) electrons. The molecule has 0 aliphatic rings. The van der Waals surface area contributed by atoms with Gasteiger partial charge in [0.1, 0.15) is 6.61 Å². The predicted molar refractivity (Wildman–Crippen MR) is 139 cm³/mol. The molecular formula is C23H16Br3N3O4. The third-order valence-corrected chi connectivity index (χ3v) is 6.44. The van der Waals surface area contributed by atoms with Crippen molar-refractivity contribution in [3.63, 3.8) is 0 Å². The Balaban J connectivity index is 1.74. The quantitative estimate of drug-likeness (QED) is 0.285. The molecule has 0 atom stereocenters. The molecule has 1 heterocycles. The van der Waals surface area contributed by atoms with Crippen LogP contribution in [0.5, 0.6) is 11.5 Å². The van der Waals surface area contributed by atoms with Crippen LogP contribution >= 0.6 is 47.8 Å². The second-order valence-electron chi connectivity index (χ2n) is 6.89. The smallest absolute Gasteiger partial charge is 0.349 e. The van der Waals surface area contributed by atoms with Gasteiger partial charge in [0.25, 0.3) is 5.56 Å². The van der Waals surface area contributed by atoms with E-state index < -0.39 is 11.2 Å². The second kappa shape index (κ2) is 10.1. The van der Waals surface area contributed by atoms with Gasteiger partial charge in [-0.1, -0.05) is 66.0 Å². The molecule has 1 N–H and O–H groups in total. The molecule has 0 fully saturated rings. The van der Waals surface area contributed by atoms with Gasteiger partial charge in [-0.05, 0) is 36.4 Å². The first kappa shape index (κ1) is 23.5. The van der Waals surface area contributed by atoms with Crippen molar-refractivity contribution in [1.29, 1.82) is 0 Å². The van der Waals surface area contributed by atoms with E-state index in [2.05, 4.69) is 57.9 Å². The Morgan fingerprint density at radius 1 is 1.03 bits per heavy atom. The fraction of sp³-hybridized carbons (Fsp3) is 0.0870. The molecule has 0 bridgehead atoms. The van der Waals surface area contributed by atoms with E-state index in [9.17, 15) is 9.59 Å². The molecule has 3 aromatic carbocycles. The summed E-state index contributed by atoms with van der Waals surface area (Å²) in [7, 11) is 1.53. The van der Waals surface area contributed by atoms with Gasteiger partial charge in [0.15, 0.2) is 11.5 Å². The third-order valence-electron chi connectivity index (χ3n) is 4.75. The second-order valence-corrected chi connectivity index (χ2v) is 9.57. The molecular weight excluding hydrogens is 622 g/mol. The van der Waals surface area contributed by atoms with E-state index in [1.807, 2.05) is 18.2 Å². The Kier molecular flexibility index (Phi) is 7.16. The van der Waals surface area contributed by atoms with Gasteiger partial charge in [-0.15, -0.1) is 4.68 Å². The number of methoxy groups -OCH3 is 1. The number of para-hydroxylation sites is 1. The van der Waals surface area contributed by atoms with Crippen molar-refractivity contribution in [2.75, 3.05) is 7.11 Å². The van der Waals surface area contributed by atoms with Crippen LogP contribution in [0, 0.1) is 0 Å². The molecule has 10 heteroatoms. The molecule has 0 spiro atoms. The van der Waals surface area contributed by atoms with Crippen molar-refractivity contribution in [2.24, 2.45) is 5.10 Å². The normalized spacial score (nSPS) is 11.3. The van der Waals surface area contributed by atoms with E-state index in [0.717, 1.165) is 23.7 Å². The minimum Gasteiger partial charge on any atom is -0.493 e. The molecule has 0 saturated carbocycles. The molecule has 168 valence electrons. The summed E-state index contributed by atoms with van der Waals surface area (Å²) in [4.78, 5) is 27.9. The van der Waals surface area contributed by atoms with Gasteiger partial charge in [-0.2, -0.15) is 5.10 Å². The summed E-state index contributed by atoms with van der Waals surface area (Å²) in [6.45, 7) is 0.253. The maximum atomic E-state index is 12.8. The Labute approximate surface area is 213 Å². The first-order valence-electron chi connectivity index (χ1n) is 9.60. The number of fused-ring (bicyclic) bond motifs is 1. The van der Waals surface area contributed by atoms with Crippen LogP contribution in [0.15, 0.2) is 82.7 Å². The molecule has 0 amide bonds. The first-order chi connectivity index (χ1) is 15.9. The zero-order valence-electron chi connectivity index (χ0n) is 17.1. The van der Waals surface area contributed by atoms with Crippen LogP contribution in [0.1, 0.15) is 11.1 Å². The maximum Gasteiger partial charge on any atom is 0.349 e. The summed E-state index contributed by atoms with van der Waals surface area (Å²) in [6, 6.07) is 16.1. The molecule has 33 heavy (non-hydrogen) atoms. The number of aromatic amines is 1. The largest absolute Gasteiger partial charge is 0.493 e. The van der Waals surface area contributed by atoms with Gasteiger partial charge in [0, 0.05) is 24.5 Å². The van der Waals surface area contributed by atoms with E-state index >= 15 is 0 Å². The van der Waals surface area contributed by atoms with E-state index in [1.54, 1.807) is 36.4 Å². The summed E-state index contributed by atoms with van der Waals surface area (Å²) >= 11 is 10.4. The highest BCUT2D eigenvalue weighted by atomic mass is 79.9. The summed E-state index contributed by atoms with van der Waals surface area (Å²) < 4.78 is 14.9. The van der Waals surface area contributed by atoms with Crippen molar-refractivity contribution in [3.05, 3.63) is 100.0 Å². The van der Waals surface area contributed by atoms with Crippen molar-refractivity contribution >= 4 is 64.9 Å². The lowest BCUT2D eigenvalue weighted by atomic mass is 10.2. The van der Waals surface area contributed by atoms with Gasteiger partial charge in [-0.25, -0.2) is 4.79 Å². The van der Waals surface area contributed by atoms with Gasteiger partial charge < -0.3 is 14.5 Å². The highest BCUT2D eigenvalue weighted by Gasteiger charge is 2.14. The van der Waals surface area contributed by atoms with Crippen molar-refractivity contribution in [1.82, 2.24) is 9.66 Å². The van der Waals surface area contributed by atoms with E-state index in [1.165, 1.54) is 13.3 Å². The highest BCUT2D eigenvalue weighted by Crippen LogP contribution is 2.35. The lowest BCUT2D eigenvalue weighted by Crippen LogP contribution is -2.32. The van der Waals surface area contributed by atoms with E-state index in [4.69, 9.17) is 9.47 Å². The van der Waals surface area contributed by atoms with E-state index in [0.29, 0.717) is 28.0 Å². The average molecular weight is 638 g/mol. The number of H-pyrrole nitrogens is 1. The number of aromatic nitrogens is 2. The van der Waals surface area contributed by atoms with Crippen LogP contribution < -0.4 is 20.7 Å². The van der Waals surface area contributed by atoms with E-state index in [-0.39, 0.29) is 6.61 Å². The molecule has 4 aromatic rings. The zero-order valence-corrected chi connectivity index (χ0v) is 21.9. The van der Waals surface area contributed by atoms with Gasteiger partial charge in [0.05, 0.1) is 24.2 Å². The Bertz CT molecular complexity index is 1500. The van der Waals surface area contributed by atoms with Crippen LogP contribution in [-0.2, 0) is 6.61 Å². The first-order valence-corrected chi connectivity index (χ1v) is 12.0. The van der Waals surface area contributed by atoms with Crippen LogP contribution in [0.3, 0.4) is 0 Å². The predicted octanol–water partition coefficient (Wildman–Crippen LogP) is 5.45. The molecule has 7 nitrogen and oxygen atoms in total. The number of nitrogens with one attached hydrogen (secondary N) is 1. The van der Waals surface area contributed by atoms with Crippen LogP contribution in [0.25, 0.3) is 10.9 Å². The molecule has 4 rings (SSSR count). The summed E-state index contributed by atoms with van der Waals surface area (Å²) in [6.07, 6.45) is 1.39. The highest BCUT2D eigenvalue weighted by molar-refractivity contribution is 9.11. The monoisotopic (exact) mass is 635 g/mol. The Morgan fingerprint density at radius 3 is 2.58 bits per heavy atom. The fourth-order valence-electron chi connectivity index (χ4n) is 3.16. The van der Waals surface area contributed by atoms with Gasteiger partial charge >= 0.3 is 5.69 Å². The summed E-state index contributed by atoms with van der Waals surface area (Å²) in [5.41, 5.74) is 0.737. The Hall–Kier alpha value is -2.69. The van der Waals surface area contributed by atoms with Crippen molar-refractivity contribution in [3.8, 4) is 11.5 Å². The minimum atomic E-state index is -0.641. The van der Waals surface area contributed by atoms with Gasteiger partial charge in [-0.3, -0.25) is 4.79 Å². The lowest BCUT2D eigenvalue weighted by Gasteiger charge is -2.15. The Morgan fingerprint density at radius 2 is 1.82 bits per heavy atom. The summed E-state index contributed by atoms with van der Waals surface area (Å²) in [5, 5.41) is 4.51. The fourth-order valence-corrected chi connectivity index (χ4v) is 4.77. The number of rotatable bonds is 6. The van der Waals surface area contributed by atoms with Crippen molar-refractivity contribution in [2.45, 2.75) is 6.61 Å². The standard InChI is InChI=1S/C23H16Br3N3O4/c1-32-20-10-16(25)8-14(21(20)33-12-13-6-7-15(24)9-18(13)26)11-27-29-22(30)17-4-2-3-5-19(17)28-23(29)31/h2-11H,12H2,1H3,(H,28,31). The number of halogens is 3. The maximum absolute atomic E-state index is 12.8. The lowest BCUT2D eigenvalue weighted by molar-refractivity contribution is 0.283. The molecule has 0 aliphatic heterocycles. The SMILES string of the molecule is COc1cc(Br)cc(C=Nn2c(=O)[nH]c3ccccc3c2=O)c1OCc1ccc(Br)cc1Br. The van der Waals surface area contributed by atoms with Crippen LogP contribution in [-0.4, -0.2) is 23.0 Å². The molecule has 1 aromatic heterocycles. The number of hydrogen-bond acceptors (Lipinski definition) is 5. The molecule has 0 unspecified atom stereocenters. The number of ether oxygens (including phenoxy) is 2. The van der Waals surface area contributed by atoms with Crippen LogP contribution in [0.2, 0.25) is 0 Å². The van der Waals surface area contributed by atoms with Crippen molar-refractivity contribution < 1.29 is 9.47 Å².